The van der Waals surface area contributed by atoms with Crippen molar-refractivity contribution < 1.29 is 9.59 Å². The van der Waals surface area contributed by atoms with Crippen LogP contribution in [0.25, 0.3) is 0 Å². The van der Waals surface area contributed by atoms with E-state index in [2.05, 4.69) is 10.6 Å². The van der Waals surface area contributed by atoms with Crippen molar-refractivity contribution in [2.45, 2.75) is 39.7 Å². The van der Waals surface area contributed by atoms with Crippen LogP contribution in [0.15, 0.2) is 24.3 Å². The highest BCUT2D eigenvalue weighted by Gasteiger charge is 2.31. The first-order valence-electron chi connectivity index (χ1n) is 9.23. The van der Waals surface area contributed by atoms with Crippen molar-refractivity contribution >= 4 is 24.2 Å². The summed E-state index contributed by atoms with van der Waals surface area (Å²) in [6.07, 6.45) is 2.03. The Bertz CT molecular complexity index is 598. The molecule has 2 amide bonds. The van der Waals surface area contributed by atoms with Crippen LogP contribution in [0, 0.1) is 18.8 Å². The number of carbonyl (C=O) groups is 2. The maximum atomic E-state index is 12.9. The number of piperidine rings is 1. The van der Waals surface area contributed by atoms with Gasteiger partial charge >= 0.3 is 0 Å². The fourth-order valence-electron chi connectivity index (χ4n) is 3.37. The lowest BCUT2D eigenvalue weighted by molar-refractivity contribution is -0.135. The molecule has 2 N–H and O–H groups in total. The van der Waals surface area contributed by atoms with E-state index in [1.807, 2.05) is 50.9 Å². The Morgan fingerprint density at radius 3 is 2.42 bits per heavy atom. The molecule has 146 valence electrons. The second kappa shape index (κ2) is 10.5. The molecule has 0 aliphatic carbocycles. The van der Waals surface area contributed by atoms with Crippen LogP contribution in [0.1, 0.15) is 42.6 Å². The first-order chi connectivity index (χ1) is 11.9. The van der Waals surface area contributed by atoms with Crippen LogP contribution in [-0.4, -0.2) is 49.4 Å². The number of nitrogens with one attached hydrogen (secondary N) is 2. The summed E-state index contributed by atoms with van der Waals surface area (Å²) >= 11 is 0. The fraction of sp³-hybridized carbons (Fsp3) is 0.600. The van der Waals surface area contributed by atoms with Crippen LogP contribution in [0.4, 0.5) is 0 Å². The average molecular weight is 382 g/mol. The van der Waals surface area contributed by atoms with Gasteiger partial charge in [-0.2, -0.15) is 0 Å². The van der Waals surface area contributed by atoms with Gasteiger partial charge in [0.15, 0.2) is 0 Å². The standard InChI is InChI=1S/C20H31N3O2.ClH/c1-14(2)18(22-19(24)17-7-5-6-15(3)12-17)20(25)23-10-8-16(9-11-23)13-21-4;/h5-7,12,14,16,18,21H,8-11,13H2,1-4H3,(H,22,24);1H. The molecule has 0 saturated carbocycles. The van der Waals surface area contributed by atoms with E-state index in [0.29, 0.717) is 11.5 Å². The van der Waals surface area contributed by atoms with Gasteiger partial charge in [-0.05, 0) is 57.3 Å². The Morgan fingerprint density at radius 1 is 1.23 bits per heavy atom. The zero-order valence-corrected chi connectivity index (χ0v) is 17.1. The van der Waals surface area contributed by atoms with Gasteiger partial charge in [-0.1, -0.05) is 31.5 Å². The van der Waals surface area contributed by atoms with Crippen LogP contribution < -0.4 is 10.6 Å². The fourth-order valence-corrected chi connectivity index (χ4v) is 3.37. The van der Waals surface area contributed by atoms with E-state index >= 15 is 0 Å². The molecule has 1 aliphatic rings. The van der Waals surface area contributed by atoms with Crippen LogP contribution >= 0.6 is 12.4 Å². The molecule has 0 radical (unpaired) electrons. The normalized spacial score (nSPS) is 16.1. The van der Waals surface area contributed by atoms with Gasteiger partial charge in [0.05, 0.1) is 0 Å². The van der Waals surface area contributed by atoms with Crippen molar-refractivity contribution in [3.05, 3.63) is 35.4 Å². The van der Waals surface area contributed by atoms with Crippen LogP contribution in [0.3, 0.4) is 0 Å². The molecule has 1 heterocycles. The van der Waals surface area contributed by atoms with Gasteiger partial charge in [-0.3, -0.25) is 9.59 Å². The van der Waals surface area contributed by atoms with Crippen molar-refractivity contribution in [2.75, 3.05) is 26.7 Å². The molecular formula is C20H32ClN3O2. The van der Waals surface area contributed by atoms with Gasteiger partial charge < -0.3 is 15.5 Å². The molecule has 1 atom stereocenters. The number of rotatable bonds is 6. The van der Waals surface area contributed by atoms with Crippen molar-refractivity contribution in [2.24, 2.45) is 11.8 Å². The van der Waals surface area contributed by atoms with Gasteiger partial charge in [0.1, 0.15) is 6.04 Å². The molecule has 1 aromatic carbocycles. The minimum absolute atomic E-state index is 0. The van der Waals surface area contributed by atoms with E-state index in [0.717, 1.165) is 38.0 Å². The predicted octanol–water partition coefficient (Wildman–Crippen LogP) is 2.63. The topological polar surface area (TPSA) is 61.4 Å². The van der Waals surface area contributed by atoms with Gasteiger partial charge in [0.25, 0.3) is 5.91 Å². The molecule has 6 heteroatoms. The third-order valence-electron chi connectivity index (χ3n) is 4.92. The summed E-state index contributed by atoms with van der Waals surface area (Å²) in [5.74, 6) is 0.546. The van der Waals surface area contributed by atoms with Gasteiger partial charge in [-0.15, -0.1) is 12.4 Å². The van der Waals surface area contributed by atoms with E-state index in [4.69, 9.17) is 0 Å². The number of benzene rings is 1. The molecule has 0 bridgehead atoms. The zero-order chi connectivity index (χ0) is 18.4. The van der Waals surface area contributed by atoms with Crippen molar-refractivity contribution in [3.8, 4) is 0 Å². The highest BCUT2D eigenvalue weighted by atomic mass is 35.5. The lowest BCUT2D eigenvalue weighted by Gasteiger charge is -2.35. The van der Waals surface area contributed by atoms with Crippen molar-refractivity contribution in [1.82, 2.24) is 15.5 Å². The van der Waals surface area contributed by atoms with Crippen molar-refractivity contribution in [3.63, 3.8) is 0 Å². The monoisotopic (exact) mass is 381 g/mol. The minimum Gasteiger partial charge on any atom is -0.341 e. The number of aryl methyl sites for hydroxylation is 1. The third kappa shape index (κ3) is 5.99. The second-order valence-corrected chi connectivity index (χ2v) is 7.39. The second-order valence-electron chi connectivity index (χ2n) is 7.39. The third-order valence-corrected chi connectivity index (χ3v) is 4.92. The maximum Gasteiger partial charge on any atom is 0.251 e. The molecule has 1 fully saturated rings. The Labute approximate surface area is 163 Å². The summed E-state index contributed by atoms with van der Waals surface area (Å²) in [5, 5.41) is 6.16. The molecule has 1 aromatic rings. The first kappa shape index (κ1) is 22.5. The summed E-state index contributed by atoms with van der Waals surface area (Å²) in [5.41, 5.74) is 1.64. The largest absolute Gasteiger partial charge is 0.341 e. The quantitative estimate of drug-likeness (QED) is 0.796. The molecule has 0 spiro atoms. The molecular weight excluding hydrogens is 350 g/mol. The number of carbonyl (C=O) groups excluding carboxylic acids is 2. The summed E-state index contributed by atoms with van der Waals surface area (Å²) in [6.45, 7) is 8.46. The highest BCUT2D eigenvalue weighted by molar-refractivity contribution is 5.97. The van der Waals surface area contributed by atoms with Gasteiger partial charge in [0, 0.05) is 18.7 Å². The van der Waals surface area contributed by atoms with Crippen molar-refractivity contribution in [1.29, 1.82) is 0 Å². The molecule has 1 saturated heterocycles. The molecule has 5 nitrogen and oxygen atoms in total. The van der Waals surface area contributed by atoms with E-state index in [9.17, 15) is 9.59 Å². The lowest BCUT2D eigenvalue weighted by atomic mass is 9.95. The molecule has 1 aliphatic heterocycles. The summed E-state index contributed by atoms with van der Waals surface area (Å²) in [7, 11) is 1.97. The first-order valence-corrected chi connectivity index (χ1v) is 9.23. The maximum absolute atomic E-state index is 12.9. The Morgan fingerprint density at radius 2 is 1.88 bits per heavy atom. The van der Waals surface area contributed by atoms with Crippen LogP contribution in [0.2, 0.25) is 0 Å². The minimum atomic E-state index is -0.478. The molecule has 0 aromatic heterocycles. The summed E-state index contributed by atoms with van der Waals surface area (Å²) in [6, 6.07) is 6.97. The smallest absolute Gasteiger partial charge is 0.251 e. The molecule has 2 rings (SSSR count). The average Bonchev–Trinajstić information content (AvgIpc) is 2.59. The number of amides is 2. The number of likely N-dealkylation sites (tertiary alicyclic amines) is 1. The van der Waals surface area contributed by atoms with Gasteiger partial charge in [0.2, 0.25) is 5.91 Å². The Kier molecular flexibility index (Phi) is 9.09. The summed E-state index contributed by atoms with van der Waals surface area (Å²) in [4.78, 5) is 27.4. The SMILES string of the molecule is CNCC1CCN(C(=O)C(NC(=O)c2cccc(C)c2)C(C)C)CC1.Cl. The van der Waals surface area contributed by atoms with E-state index < -0.39 is 6.04 Å². The van der Waals surface area contributed by atoms with E-state index in [1.54, 1.807) is 6.07 Å². The Hall–Kier alpha value is -1.59. The summed E-state index contributed by atoms with van der Waals surface area (Å²) < 4.78 is 0. The Balaban J connectivity index is 0.00000338. The lowest BCUT2D eigenvalue weighted by Crippen LogP contribution is -2.53. The zero-order valence-electron chi connectivity index (χ0n) is 16.2. The van der Waals surface area contributed by atoms with Crippen LogP contribution in [0.5, 0.6) is 0 Å². The van der Waals surface area contributed by atoms with E-state index in [-0.39, 0.29) is 30.1 Å². The molecule has 26 heavy (non-hydrogen) atoms. The number of halogens is 1. The predicted molar refractivity (Wildman–Crippen MR) is 108 cm³/mol. The van der Waals surface area contributed by atoms with Crippen LogP contribution in [-0.2, 0) is 4.79 Å². The number of hydrogen-bond donors (Lipinski definition) is 2. The number of nitrogens with zero attached hydrogens (tertiary/aromatic N) is 1. The number of hydrogen-bond acceptors (Lipinski definition) is 3. The molecule has 1 unspecified atom stereocenters. The van der Waals surface area contributed by atoms with E-state index in [1.165, 1.54) is 0 Å². The highest BCUT2D eigenvalue weighted by Crippen LogP contribution is 2.18. The van der Waals surface area contributed by atoms with Gasteiger partial charge in [-0.25, -0.2) is 0 Å².